The van der Waals surface area contributed by atoms with E-state index in [4.69, 9.17) is 5.53 Å². The first-order valence-corrected chi connectivity index (χ1v) is 3.91. The Bertz CT molecular complexity index is 109. The second kappa shape index (κ2) is 5.92. The van der Waals surface area contributed by atoms with Crippen molar-refractivity contribution < 1.29 is 0 Å². The minimum atomic E-state index is -0.0116. The largest absolute Gasteiger partial charge is 0.0931 e. The predicted octanol–water partition coefficient (Wildman–Crippen LogP) is 3.21. The zero-order chi connectivity index (χ0) is 7.11. The molecule has 0 N–H and O–H groups in total. The normalized spacial score (nSPS) is 12.2. The summed E-state index contributed by atoms with van der Waals surface area (Å²) >= 11 is 3.22. The molecule has 9 heavy (non-hydrogen) atoms. The first-order chi connectivity index (χ1) is 4.31. The third-order valence-corrected chi connectivity index (χ3v) is 1.61. The third-order valence-electron chi connectivity index (χ3n) is 0.973. The van der Waals surface area contributed by atoms with Crippen molar-refractivity contribution in [2.24, 2.45) is 5.11 Å². The van der Waals surface area contributed by atoms with Gasteiger partial charge in [0.15, 0.2) is 0 Å². The summed E-state index contributed by atoms with van der Waals surface area (Å²) in [5.41, 5.74) is 7.96. The second-order valence-corrected chi connectivity index (χ2v) is 2.84. The number of hydrogen-bond donors (Lipinski definition) is 0. The monoisotopic (exact) mass is 191 g/mol. The van der Waals surface area contributed by atoms with Crippen LogP contribution in [-0.2, 0) is 0 Å². The van der Waals surface area contributed by atoms with Gasteiger partial charge in [-0.05, 0) is 12.0 Å². The molecule has 0 bridgehead atoms. The number of azide groups is 1. The predicted molar refractivity (Wildman–Crippen MR) is 41.4 cm³/mol. The molecule has 0 amide bonds. The van der Waals surface area contributed by atoms with E-state index in [0.717, 1.165) is 19.3 Å². The van der Waals surface area contributed by atoms with Crippen LogP contribution in [0.2, 0.25) is 0 Å². The van der Waals surface area contributed by atoms with Crippen molar-refractivity contribution in [3.05, 3.63) is 10.4 Å². The fourth-order valence-electron chi connectivity index (χ4n) is 0.486. The van der Waals surface area contributed by atoms with Gasteiger partial charge in [0, 0.05) is 4.91 Å². The lowest BCUT2D eigenvalue weighted by molar-refractivity contribution is 0.703. The Kier molecular flexibility index (Phi) is 5.78. The molecular weight excluding hydrogens is 182 g/mol. The topological polar surface area (TPSA) is 48.8 Å². The molecule has 52 valence electrons. The molecule has 0 aliphatic heterocycles. The van der Waals surface area contributed by atoms with Gasteiger partial charge in [-0.15, -0.1) is 0 Å². The average molecular weight is 192 g/mol. The van der Waals surface area contributed by atoms with Gasteiger partial charge >= 0.3 is 0 Å². The number of nitrogens with zero attached hydrogens (tertiary/aromatic N) is 3. The van der Waals surface area contributed by atoms with Crippen LogP contribution in [0.1, 0.15) is 26.2 Å². The fourth-order valence-corrected chi connectivity index (χ4v) is 0.892. The Morgan fingerprint density at radius 3 is 2.89 bits per heavy atom. The van der Waals surface area contributed by atoms with E-state index in [2.05, 4.69) is 32.9 Å². The van der Waals surface area contributed by atoms with E-state index in [0.29, 0.717) is 0 Å². The summed E-state index contributed by atoms with van der Waals surface area (Å²) in [4.78, 5) is 2.66. The lowest BCUT2D eigenvalue weighted by atomic mass is 10.3. The van der Waals surface area contributed by atoms with Crippen molar-refractivity contribution in [1.29, 1.82) is 0 Å². The third kappa shape index (κ3) is 5.66. The molecular formula is C5H10BrN3. The minimum absolute atomic E-state index is 0.0116. The van der Waals surface area contributed by atoms with Gasteiger partial charge in [0.2, 0.25) is 0 Å². The molecule has 4 heteroatoms. The van der Waals surface area contributed by atoms with Crippen LogP contribution in [0.15, 0.2) is 5.11 Å². The Balaban J connectivity index is 3.26. The SMILES string of the molecule is CCCC[C@H](Br)N=[N+]=[N-]. The summed E-state index contributed by atoms with van der Waals surface area (Å²) in [5, 5.41) is 3.46. The number of alkyl halides is 1. The van der Waals surface area contributed by atoms with Crippen molar-refractivity contribution in [3.63, 3.8) is 0 Å². The molecule has 0 aromatic carbocycles. The molecule has 0 aromatic rings. The van der Waals surface area contributed by atoms with Gasteiger partial charge in [-0.1, -0.05) is 40.8 Å². The molecule has 3 nitrogen and oxygen atoms in total. The highest BCUT2D eigenvalue weighted by molar-refractivity contribution is 9.09. The van der Waals surface area contributed by atoms with Crippen molar-refractivity contribution in [2.45, 2.75) is 31.1 Å². The lowest BCUT2D eigenvalue weighted by Crippen LogP contribution is -1.89. The highest BCUT2D eigenvalue weighted by atomic mass is 79.9. The van der Waals surface area contributed by atoms with Gasteiger partial charge in [-0.2, -0.15) is 0 Å². The van der Waals surface area contributed by atoms with Crippen LogP contribution in [-0.4, -0.2) is 4.95 Å². The van der Waals surface area contributed by atoms with Crippen LogP contribution in [0.3, 0.4) is 0 Å². The quantitative estimate of drug-likeness (QED) is 0.216. The molecule has 0 heterocycles. The van der Waals surface area contributed by atoms with E-state index in [1.165, 1.54) is 0 Å². The summed E-state index contributed by atoms with van der Waals surface area (Å²) in [5.74, 6) is 0. The maximum Gasteiger partial charge on any atom is 0.0931 e. The molecule has 0 aliphatic carbocycles. The van der Waals surface area contributed by atoms with Crippen molar-refractivity contribution in [1.82, 2.24) is 0 Å². The van der Waals surface area contributed by atoms with Crippen LogP contribution >= 0.6 is 15.9 Å². The van der Waals surface area contributed by atoms with Crippen LogP contribution in [0.4, 0.5) is 0 Å². The van der Waals surface area contributed by atoms with E-state index < -0.39 is 0 Å². The molecule has 0 fully saturated rings. The number of unbranched alkanes of at least 4 members (excludes halogenated alkanes) is 1. The standard InChI is InChI=1S/C5H10BrN3/c1-2-3-4-5(6)8-9-7/h5H,2-4H2,1H3/t5-/m1/s1. The molecule has 0 saturated heterocycles. The van der Waals surface area contributed by atoms with Crippen LogP contribution < -0.4 is 0 Å². The maximum absolute atomic E-state index is 7.96. The molecule has 0 aromatic heterocycles. The van der Waals surface area contributed by atoms with Crippen LogP contribution in [0, 0.1) is 0 Å². The molecule has 0 unspecified atom stereocenters. The number of hydrogen-bond acceptors (Lipinski definition) is 1. The highest BCUT2D eigenvalue weighted by Crippen LogP contribution is 2.10. The minimum Gasteiger partial charge on any atom is -0.0829 e. The zero-order valence-electron chi connectivity index (χ0n) is 5.42. The van der Waals surface area contributed by atoms with Crippen molar-refractivity contribution in [3.8, 4) is 0 Å². The van der Waals surface area contributed by atoms with Gasteiger partial charge in [0.25, 0.3) is 0 Å². The highest BCUT2D eigenvalue weighted by Gasteiger charge is 1.96. The van der Waals surface area contributed by atoms with E-state index in [1.807, 2.05) is 0 Å². The first kappa shape index (κ1) is 8.79. The van der Waals surface area contributed by atoms with E-state index >= 15 is 0 Å². The second-order valence-electron chi connectivity index (χ2n) is 1.78. The van der Waals surface area contributed by atoms with Gasteiger partial charge < -0.3 is 0 Å². The smallest absolute Gasteiger partial charge is 0.0829 e. The van der Waals surface area contributed by atoms with Gasteiger partial charge in [0.1, 0.15) is 0 Å². The van der Waals surface area contributed by atoms with Crippen molar-refractivity contribution in [2.75, 3.05) is 0 Å². The Morgan fingerprint density at radius 2 is 2.44 bits per heavy atom. The molecule has 0 spiro atoms. The van der Waals surface area contributed by atoms with Gasteiger partial charge in [-0.25, -0.2) is 0 Å². The van der Waals surface area contributed by atoms with E-state index in [1.54, 1.807) is 0 Å². The summed E-state index contributed by atoms with van der Waals surface area (Å²) in [6.45, 7) is 2.11. The summed E-state index contributed by atoms with van der Waals surface area (Å²) < 4.78 is 0. The zero-order valence-corrected chi connectivity index (χ0v) is 7.00. The Hall–Kier alpha value is -0.210. The summed E-state index contributed by atoms with van der Waals surface area (Å²) in [6.07, 6.45) is 3.18. The Morgan fingerprint density at radius 1 is 1.78 bits per heavy atom. The van der Waals surface area contributed by atoms with E-state index in [9.17, 15) is 0 Å². The summed E-state index contributed by atoms with van der Waals surface area (Å²) in [7, 11) is 0. The van der Waals surface area contributed by atoms with Crippen molar-refractivity contribution >= 4 is 15.9 Å². The summed E-state index contributed by atoms with van der Waals surface area (Å²) in [6, 6.07) is 0. The number of halogens is 1. The molecule has 1 atom stereocenters. The Labute approximate surface area is 63.2 Å². The first-order valence-electron chi connectivity index (χ1n) is 2.99. The van der Waals surface area contributed by atoms with Crippen LogP contribution in [0.5, 0.6) is 0 Å². The molecule has 0 rings (SSSR count). The fraction of sp³-hybridized carbons (Fsp3) is 1.00. The molecule has 0 aliphatic rings. The lowest BCUT2D eigenvalue weighted by Gasteiger charge is -1.97. The maximum atomic E-state index is 7.96. The average Bonchev–Trinajstić information content (AvgIpc) is 1.85. The van der Waals surface area contributed by atoms with E-state index in [-0.39, 0.29) is 4.95 Å². The van der Waals surface area contributed by atoms with Gasteiger partial charge in [0.05, 0.1) is 4.95 Å². The van der Waals surface area contributed by atoms with Crippen LogP contribution in [0.25, 0.3) is 10.4 Å². The molecule has 0 radical (unpaired) electrons. The number of rotatable bonds is 4. The van der Waals surface area contributed by atoms with Gasteiger partial charge in [-0.3, -0.25) is 0 Å². The molecule has 0 saturated carbocycles.